The van der Waals surface area contributed by atoms with Crippen molar-refractivity contribution >= 4 is 17.2 Å². The van der Waals surface area contributed by atoms with Crippen molar-refractivity contribution in [2.24, 2.45) is 0 Å². The van der Waals surface area contributed by atoms with E-state index in [0.29, 0.717) is 12.5 Å². The monoisotopic (exact) mass is 278 g/mol. The summed E-state index contributed by atoms with van der Waals surface area (Å²) in [5.41, 5.74) is 1.31. The lowest BCUT2D eigenvalue weighted by Gasteiger charge is -2.10. The third-order valence-corrected chi connectivity index (χ3v) is 5.39. The number of nitrogens with zero attached hydrogens (tertiary/aromatic N) is 1. The van der Waals surface area contributed by atoms with E-state index >= 15 is 0 Å². The number of hydrogen-bond donors (Lipinski definition) is 1. The second kappa shape index (κ2) is 6.04. The van der Waals surface area contributed by atoms with Crippen LogP contribution in [0, 0.1) is 0 Å². The molecule has 0 aromatic carbocycles. The second-order valence-corrected chi connectivity index (χ2v) is 6.90. The first-order valence-electron chi connectivity index (χ1n) is 7.58. The van der Waals surface area contributed by atoms with Crippen molar-refractivity contribution in [3.63, 3.8) is 0 Å². The van der Waals surface area contributed by atoms with Gasteiger partial charge in [0, 0.05) is 23.8 Å². The maximum Gasteiger partial charge on any atom is 0.220 e. The van der Waals surface area contributed by atoms with Crippen molar-refractivity contribution in [2.45, 2.75) is 70.3 Å². The summed E-state index contributed by atoms with van der Waals surface area (Å²) in [5.74, 6) is 0.208. The third kappa shape index (κ3) is 3.35. The van der Waals surface area contributed by atoms with Crippen LogP contribution in [0.25, 0.3) is 0 Å². The summed E-state index contributed by atoms with van der Waals surface area (Å²) in [6.07, 6.45) is 11.2. The number of aryl methyl sites for hydroxylation is 3. The predicted molar refractivity (Wildman–Crippen MR) is 77.5 cm³/mol. The first kappa shape index (κ1) is 13.1. The summed E-state index contributed by atoms with van der Waals surface area (Å²) in [4.78, 5) is 18.0. The van der Waals surface area contributed by atoms with Crippen molar-refractivity contribution in [3.05, 3.63) is 15.6 Å². The summed E-state index contributed by atoms with van der Waals surface area (Å²) >= 11 is 1.83. The molecule has 1 amide bonds. The van der Waals surface area contributed by atoms with Gasteiger partial charge in [0.25, 0.3) is 0 Å². The highest BCUT2D eigenvalue weighted by atomic mass is 32.1. The lowest BCUT2D eigenvalue weighted by molar-refractivity contribution is -0.121. The number of hydrogen-bond acceptors (Lipinski definition) is 3. The fraction of sp³-hybridized carbons (Fsp3) is 0.733. The van der Waals surface area contributed by atoms with Gasteiger partial charge < -0.3 is 5.32 Å². The lowest BCUT2D eigenvalue weighted by Crippen LogP contribution is -2.32. The average molecular weight is 278 g/mol. The Bertz CT molecular complexity index is 425. The number of nitrogens with one attached hydrogen (secondary N) is 1. The van der Waals surface area contributed by atoms with Crippen LogP contribution in [0.4, 0.5) is 0 Å². The normalized spacial score (nSPS) is 19.4. The largest absolute Gasteiger partial charge is 0.353 e. The van der Waals surface area contributed by atoms with E-state index in [1.54, 1.807) is 0 Å². The van der Waals surface area contributed by atoms with Crippen LogP contribution in [0.15, 0.2) is 0 Å². The van der Waals surface area contributed by atoms with Gasteiger partial charge in [0.05, 0.1) is 10.7 Å². The summed E-state index contributed by atoms with van der Waals surface area (Å²) in [6.45, 7) is 0. The van der Waals surface area contributed by atoms with Crippen LogP contribution in [0.2, 0.25) is 0 Å². The van der Waals surface area contributed by atoms with Crippen LogP contribution in [0.1, 0.15) is 60.5 Å². The fourth-order valence-electron chi connectivity index (χ4n) is 3.10. The van der Waals surface area contributed by atoms with Gasteiger partial charge in [-0.1, -0.05) is 12.8 Å². The number of aromatic nitrogens is 1. The van der Waals surface area contributed by atoms with Gasteiger partial charge in [-0.3, -0.25) is 4.79 Å². The highest BCUT2D eigenvalue weighted by Gasteiger charge is 2.18. The van der Waals surface area contributed by atoms with Crippen LogP contribution in [0.3, 0.4) is 0 Å². The Hall–Kier alpha value is -0.900. The van der Waals surface area contributed by atoms with Crippen molar-refractivity contribution in [1.29, 1.82) is 0 Å². The van der Waals surface area contributed by atoms with Gasteiger partial charge in [-0.2, -0.15) is 0 Å². The molecule has 0 spiro atoms. The summed E-state index contributed by atoms with van der Waals surface area (Å²) in [6, 6.07) is 0.442. The molecule has 1 saturated carbocycles. The van der Waals surface area contributed by atoms with Crippen molar-refractivity contribution in [1.82, 2.24) is 10.3 Å². The molecule has 0 aliphatic heterocycles. The number of carbonyl (C=O) groups is 1. The van der Waals surface area contributed by atoms with E-state index in [1.165, 1.54) is 42.7 Å². The molecule has 0 radical (unpaired) electrons. The molecule has 3 nitrogen and oxygen atoms in total. The maximum absolute atomic E-state index is 11.9. The Morgan fingerprint density at radius 1 is 1.21 bits per heavy atom. The van der Waals surface area contributed by atoms with Crippen LogP contribution in [-0.2, 0) is 24.1 Å². The molecule has 0 bridgehead atoms. The highest BCUT2D eigenvalue weighted by molar-refractivity contribution is 7.11. The molecule has 0 unspecified atom stereocenters. The quantitative estimate of drug-likeness (QED) is 0.920. The third-order valence-electron chi connectivity index (χ3n) is 4.18. The van der Waals surface area contributed by atoms with Gasteiger partial charge in [-0.05, 0) is 38.5 Å². The Morgan fingerprint density at radius 2 is 2.00 bits per heavy atom. The van der Waals surface area contributed by atoms with Gasteiger partial charge in [-0.15, -0.1) is 11.3 Å². The highest BCUT2D eigenvalue weighted by Crippen LogP contribution is 2.27. The second-order valence-electron chi connectivity index (χ2n) is 5.73. The number of amides is 1. The smallest absolute Gasteiger partial charge is 0.220 e. The van der Waals surface area contributed by atoms with Gasteiger partial charge in [0.15, 0.2) is 0 Å². The molecule has 19 heavy (non-hydrogen) atoms. The van der Waals surface area contributed by atoms with Crippen molar-refractivity contribution in [3.8, 4) is 0 Å². The first-order chi connectivity index (χ1) is 9.31. The van der Waals surface area contributed by atoms with E-state index < -0.39 is 0 Å². The summed E-state index contributed by atoms with van der Waals surface area (Å²) < 4.78 is 0. The topological polar surface area (TPSA) is 42.0 Å². The Balaban J connectivity index is 1.48. The molecule has 1 aromatic heterocycles. The van der Waals surface area contributed by atoms with Crippen molar-refractivity contribution in [2.75, 3.05) is 0 Å². The number of carbonyl (C=O) groups excluding carboxylic acids is 1. The molecule has 3 rings (SSSR count). The molecule has 1 fully saturated rings. The van der Waals surface area contributed by atoms with Gasteiger partial charge in [-0.25, -0.2) is 4.98 Å². The van der Waals surface area contributed by atoms with E-state index in [1.807, 2.05) is 11.3 Å². The molecule has 1 heterocycles. The average Bonchev–Trinajstić information content (AvgIpc) is 3.04. The molecular weight excluding hydrogens is 256 g/mol. The van der Waals surface area contributed by atoms with E-state index in [2.05, 4.69) is 5.32 Å². The zero-order valence-corrected chi connectivity index (χ0v) is 12.2. The van der Waals surface area contributed by atoms with Gasteiger partial charge in [0.2, 0.25) is 5.91 Å². The molecular formula is C15H22N2OS. The number of fused-ring (bicyclic) bond motifs is 1. The molecule has 2 aliphatic rings. The molecule has 0 saturated heterocycles. The summed E-state index contributed by atoms with van der Waals surface area (Å²) in [7, 11) is 0. The van der Waals surface area contributed by atoms with Gasteiger partial charge in [0.1, 0.15) is 0 Å². The standard InChI is InChI=1S/C15H22N2OS/c18-14(16-11-5-1-2-6-11)9-10-15-17-12-7-3-4-8-13(12)19-15/h11H,1-10H2,(H,16,18). The van der Waals surface area contributed by atoms with E-state index in [4.69, 9.17) is 4.98 Å². The molecule has 1 aromatic rings. The van der Waals surface area contributed by atoms with E-state index in [-0.39, 0.29) is 5.91 Å². The minimum absolute atomic E-state index is 0.208. The predicted octanol–water partition coefficient (Wildman–Crippen LogP) is 3.01. The zero-order chi connectivity index (χ0) is 13.1. The molecule has 104 valence electrons. The Labute approximate surface area is 118 Å². The SMILES string of the molecule is O=C(CCc1nc2c(s1)CCCC2)NC1CCCC1. The molecule has 4 heteroatoms. The number of rotatable bonds is 4. The minimum atomic E-state index is 0.208. The lowest BCUT2D eigenvalue weighted by atomic mass is 10.0. The summed E-state index contributed by atoms with van der Waals surface area (Å²) in [5, 5.41) is 4.31. The Kier molecular flexibility index (Phi) is 4.16. The van der Waals surface area contributed by atoms with Crippen LogP contribution < -0.4 is 5.32 Å². The van der Waals surface area contributed by atoms with Crippen LogP contribution in [-0.4, -0.2) is 16.9 Å². The van der Waals surface area contributed by atoms with E-state index in [0.717, 1.165) is 30.7 Å². The fourth-order valence-corrected chi connectivity index (χ4v) is 4.26. The molecule has 2 aliphatic carbocycles. The zero-order valence-electron chi connectivity index (χ0n) is 11.4. The van der Waals surface area contributed by atoms with E-state index in [9.17, 15) is 4.79 Å². The van der Waals surface area contributed by atoms with Gasteiger partial charge >= 0.3 is 0 Å². The van der Waals surface area contributed by atoms with Crippen LogP contribution >= 0.6 is 11.3 Å². The van der Waals surface area contributed by atoms with Crippen molar-refractivity contribution < 1.29 is 4.79 Å². The number of thiazole rings is 1. The Morgan fingerprint density at radius 3 is 2.79 bits per heavy atom. The molecule has 0 atom stereocenters. The minimum Gasteiger partial charge on any atom is -0.353 e. The first-order valence-corrected chi connectivity index (χ1v) is 8.40. The molecule has 1 N–H and O–H groups in total. The maximum atomic E-state index is 11.9. The van der Waals surface area contributed by atoms with Crippen LogP contribution in [0.5, 0.6) is 0 Å².